The predicted molar refractivity (Wildman–Crippen MR) is 119 cm³/mol. The number of carboxylic acid groups (broad SMARTS) is 1. The first-order chi connectivity index (χ1) is 14.3. The molecule has 1 aromatic carbocycles. The van der Waals surface area contributed by atoms with Gasteiger partial charge in [0.05, 0.1) is 27.4 Å². The van der Waals surface area contributed by atoms with Crippen LogP contribution in [-0.2, 0) is 23.0 Å². The van der Waals surface area contributed by atoms with Crippen molar-refractivity contribution in [1.29, 1.82) is 0 Å². The molecule has 2 atom stereocenters. The van der Waals surface area contributed by atoms with Crippen LogP contribution in [0.2, 0.25) is 10.0 Å². The highest BCUT2D eigenvalue weighted by atomic mass is 35.5. The number of carbonyl (C=O) groups is 1. The number of fused-ring (bicyclic) bond motifs is 1. The highest BCUT2D eigenvalue weighted by Gasteiger charge is 2.57. The van der Waals surface area contributed by atoms with E-state index in [-0.39, 0.29) is 13.1 Å². The summed E-state index contributed by atoms with van der Waals surface area (Å²) >= 11 is 12.2. The number of hydroxylamine groups is 1. The number of nitrogens with zero attached hydrogens (tertiary/aromatic N) is 2. The van der Waals surface area contributed by atoms with Crippen LogP contribution >= 0.6 is 23.2 Å². The molecule has 0 radical (unpaired) electrons. The van der Waals surface area contributed by atoms with Gasteiger partial charge in [-0.15, -0.1) is 0 Å². The maximum Gasteiger partial charge on any atom is 0.407 e. The van der Waals surface area contributed by atoms with E-state index in [0.29, 0.717) is 35.9 Å². The number of hydrogen-bond donors (Lipinski definition) is 3. The Morgan fingerprint density at radius 1 is 1.23 bits per heavy atom. The number of nitrogens with one attached hydrogen (secondary N) is 1. The average molecular weight is 494 g/mol. The molecular weight excluding hydrogens is 465 g/mol. The minimum absolute atomic E-state index is 0.151. The number of likely N-dealkylation sites (tertiary alicyclic amines) is 1. The molecule has 3 N–H and O–H groups in total. The van der Waals surface area contributed by atoms with Crippen molar-refractivity contribution < 1.29 is 23.5 Å². The second-order valence-electron chi connectivity index (χ2n) is 9.29. The Morgan fingerprint density at radius 3 is 2.39 bits per heavy atom. The van der Waals surface area contributed by atoms with Crippen LogP contribution < -0.4 is 5.48 Å². The maximum absolute atomic E-state index is 13.4. The van der Waals surface area contributed by atoms with Crippen molar-refractivity contribution in [2.75, 3.05) is 18.8 Å². The molecule has 0 bridgehead atoms. The molecule has 0 aromatic heterocycles. The van der Waals surface area contributed by atoms with Crippen molar-refractivity contribution in [2.24, 2.45) is 5.41 Å². The lowest BCUT2D eigenvalue weighted by Crippen LogP contribution is -2.68. The molecule has 0 spiro atoms. The molecule has 3 rings (SSSR count). The molecule has 8 nitrogen and oxygen atoms in total. The third-order valence-corrected chi connectivity index (χ3v) is 9.25. The molecule has 2 unspecified atom stereocenters. The molecular formula is C20H29Cl2N3O5S. The zero-order chi connectivity index (χ0) is 23.2. The summed E-state index contributed by atoms with van der Waals surface area (Å²) in [5, 5.41) is 20.6. The molecule has 1 amide bonds. The van der Waals surface area contributed by atoms with Gasteiger partial charge in [-0.3, -0.25) is 0 Å². The van der Waals surface area contributed by atoms with Crippen LogP contribution in [0, 0.1) is 5.41 Å². The van der Waals surface area contributed by atoms with Crippen molar-refractivity contribution in [3.8, 4) is 0 Å². The molecule has 1 fully saturated rings. The fourth-order valence-electron chi connectivity index (χ4n) is 5.13. The first-order valence-corrected chi connectivity index (χ1v) is 12.5. The van der Waals surface area contributed by atoms with Gasteiger partial charge in [-0.1, -0.05) is 44.0 Å². The van der Waals surface area contributed by atoms with E-state index < -0.39 is 38.9 Å². The fraction of sp³-hybridized carbons (Fsp3) is 0.650. The highest BCUT2D eigenvalue weighted by Crippen LogP contribution is 2.46. The summed E-state index contributed by atoms with van der Waals surface area (Å²) in [6, 6.07) is 2.45. The number of amides is 1. The van der Waals surface area contributed by atoms with Gasteiger partial charge in [0.2, 0.25) is 10.0 Å². The molecule has 0 aliphatic carbocycles. The van der Waals surface area contributed by atoms with Crippen molar-refractivity contribution in [2.45, 2.75) is 58.2 Å². The van der Waals surface area contributed by atoms with Crippen molar-refractivity contribution in [3.05, 3.63) is 33.3 Å². The largest absolute Gasteiger partial charge is 0.465 e. The molecule has 1 saturated heterocycles. The number of halogens is 2. The first kappa shape index (κ1) is 24.5. The third-order valence-electron chi connectivity index (χ3n) is 6.67. The number of hydrogen-bond acceptors (Lipinski definition) is 5. The van der Waals surface area contributed by atoms with Gasteiger partial charge in [0.1, 0.15) is 0 Å². The van der Waals surface area contributed by atoms with Gasteiger partial charge in [0, 0.05) is 19.6 Å². The van der Waals surface area contributed by atoms with Crippen LogP contribution in [0.15, 0.2) is 12.1 Å². The first-order valence-electron chi connectivity index (χ1n) is 10.2. The van der Waals surface area contributed by atoms with Gasteiger partial charge in [-0.25, -0.2) is 13.2 Å². The summed E-state index contributed by atoms with van der Waals surface area (Å²) in [5.74, 6) is -0.429. The lowest BCUT2D eigenvalue weighted by molar-refractivity contribution is -0.0310. The zero-order valence-electron chi connectivity index (χ0n) is 17.9. The Balaban J connectivity index is 1.91. The topological polar surface area (TPSA) is 110 Å². The number of sulfonamides is 1. The lowest BCUT2D eigenvalue weighted by Gasteiger charge is -2.51. The molecule has 2 heterocycles. The molecule has 1 aromatic rings. The van der Waals surface area contributed by atoms with E-state index in [9.17, 15) is 23.5 Å². The Kier molecular flexibility index (Phi) is 6.87. The minimum Gasteiger partial charge on any atom is -0.465 e. The van der Waals surface area contributed by atoms with Crippen LogP contribution in [-0.4, -0.2) is 64.5 Å². The van der Waals surface area contributed by atoms with Gasteiger partial charge in [-0.05, 0) is 47.9 Å². The van der Waals surface area contributed by atoms with Crippen LogP contribution in [0.5, 0.6) is 0 Å². The smallest absolute Gasteiger partial charge is 0.407 e. The summed E-state index contributed by atoms with van der Waals surface area (Å²) in [7, 11) is -3.83. The molecule has 174 valence electrons. The van der Waals surface area contributed by atoms with Gasteiger partial charge >= 0.3 is 6.09 Å². The van der Waals surface area contributed by atoms with Crippen molar-refractivity contribution in [1.82, 2.24) is 14.7 Å². The molecule has 0 saturated carbocycles. The fourth-order valence-corrected chi connectivity index (χ4v) is 7.19. The summed E-state index contributed by atoms with van der Waals surface area (Å²) in [5.41, 5.74) is 2.21. The second kappa shape index (κ2) is 8.68. The normalized spacial score (nSPS) is 23.6. The molecule has 2 aliphatic rings. The van der Waals surface area contributed by atoms with Crippen LogP contribution in [0.4, 0.5) is 4.79 Å². The van der Waals surface area contributed by atoms with Crippen LogP contribution in [0.25, 0.3) is 0 Å². The Hall–Kier alpha value is -1.10. The third kappa shape index (κ3) is 4.41. The Labute approximate surface area is 193 Å². The van der Waals surface area contributed by atoms with E-state index in [0.717, 1.165) is 11.1 Å². The Bertz CT molecular complexity index is 966. The van der Waals surface area contributed by atoms with Crippen molar-refractivity contribution in [3.63, 3.8) is 0 Å². The highest BCUT2D eigenvalue weighted by molar-refractivity contribution is 7.89. The standard InChI is InChI=1S/C20H29Cl2N3O5S/c1-19(2,3)20(6-4-7-25(20)18(26)27)17(23-28)12-31(29,30)24-8-5-13-9-15(21)16(22)10-14(13)11-24/h9-10,17,23,28H,4-8,11-12H2,1-3H3,(H,26,27). The van der Waals surface area contributed by atoms with Gasteiger partial charge < -0.3 is 15.2 Å². The van der Waals surface area contributed by atoms with Crippen LogP contribution in [0.3, 0.4) is 0 Å². The quantitative estimate of drug-likeness (QED) is 0.540. The minimum atomic E-state index is -3.83. The SMILES string of the molecule is CC(C)(C)C1(C(CS(=O)(=O)N2CCc3cc(Cl)c(Cl)cc3C2)NO)CCCN1C(=O)O. The van der Waals surface area contributed by atoms with Gasteiger partial charge in [0.25, 0.3) is 0 Å². The number of benzene rings is 1. The van der Waals surface area contributed by atoms with Gasteiger partial charge in [-0.2, -0.15) is 9.79 Å². The summed E-state index contributed by atoms with van der Waals surface area (Å²) in [6.07, 6.45) is 0.420. The van der Waals surface area contributed by atoms with E-state index in [1.165, 1.54) is 9.21 Å². The summed E-state index contributed by atoms with van der Waals surface area (Å²) in [4.78, 5) is 13.3. The second-order valence-corrected chi connectivity index (χ2v) is 12.1. The summed E-state index contributed by atoms with van der Waals surface area (Å²) in [6.45, 7) is 6.33. The molecule has 2 aliphatic heterocycles. The summed E-state index contributed by atoms with van der Waals surface area (Å²) < 4.78 is 28.1. The van der Waals surface area contributed by atoms with E-state index in [1.54, 1.807) is 12.1 Å². The van der Waals surface area contributed by atoms with E-state index in [4.69, 9.17) is 23.2 Å². The van der Waals surface area contributed by atoms with Gasteiger partial charge in [0.15, 0.2) is 0 Å². The molecule has 31 heavy (non-hydrogen) atoms. The Morgan fingerprint density at radius 2 is 1.84 bits per heavy atom. The lowest BCUT2D eigenvalue weighted by atomic mass is 9.68. The van der Waals surface area contributed by atoms with E-state index in [2.05, 4.69) is 5.48 Å². The maximum atomic E-state index is 13.4. The van der Waals surface area contributed by atoms with E-state index >= 15 is 0 Å². The average Bonchev–Trinajstić information content (AvgIpc) is 3.13. The monoisotopic (exact) mass is 493 g/mol. The number of rotatable bonds is 5. The van der Waals surface area contributed by atoms with Crippen LogP contribution in [0.1, 0.15) is 44.7 Å². The van der Waals surface area contributed by atoms with E-state index in [1.807, 2.05) is 20.8 Å². The molecule has 11 heteroatoms. The predicted octanol–water partition coefficient (Wildman–Crippen LogP) is 3.59. The zero-order valence-corrected chi connectivity index (χ0v) is 20.2. The van der Waals surface area contributed by atoms with Crippen molar-refractivity contribution >= 4 is 39.3 Å².